The van der Waals surface area contributed by atoms with Crippen LogP contribution in [0, 0.1) is 29.6 Å². The molecule has 7 aromatic rings. The quantitative estimate of drug-likeness (QED) is 0.00943. The van der Waals surface area contributed by atoms with E-state index in [2.05, 4.69) is 52.3 Å². The number of likely N-dealkylation sites (N-methyl/N-ethyl adjacent to an activating group) is 1. The van der Waals surface area contributed by atoms with Crippen LogP contribution >= 0.6 is 0 Å². The number of aliphatic hydroxyl groups excluding tert-OH is 2. The molecule has 6 aliphatic rings. The van der Waals surface area contributed by atoms with Crippen molar-refractivity contribution < 1.29 is 101 Å². The summed E-state index contributed by atoms with van der Waals surface area (Å²) in [7, 11) is 6.24. The molecule has 40 heteroatoms. The maximum absolute atomic E-state index is 14.9. The molecule has 139 heavy (non-hydrogen) atoms. The van der Waals surface area contributed by atoms with Crippen LogP contribution < -0.4 is 38.1 Å². The third-order valence-electron chi connectivity index (χ3n) is 27.4. The largest absolute Gasteiger partial charge is 0.459 e. The number of alkyl carbamates (subject to hydrolysis) is 1. The number of piperazine rings is 1. The number of piperidine rings is 1. The van der Waals surface area contributed by atoms with E-state index in [-0.39, 0.29) is 99.6 Å². The number of Topliss-reactive ketones (excluding diaryl/α,β-unsaturated/α-hetero) is 2. The highest BCUT2D eigenvalue weighted by Crippen LogP contribution is 2.40. The molecule has 2 bridgehead atoms. The van der Waals surface area contributed by atoms with Crippen molar-refractivity contribution in [3.63, 3.8) is 0 Å². The molecule has 5 aliphatic heterocycles. The molecule has 0 unspecified atom stereocenters. The topological polar surface area (TPSA) is 526 Å². The number of carbonyl (C=O) groups is 7. The number of nitrogens with two attached hydrogens (primary N) is 4. The van der Waals surface area contributed by atoms with Crippen LogP contribution in [0.5, 0.6) is 0 Å². The minimum absolute atomic E-state index is 0.0194. The molecular formula is C99H137N19O21. The minimum Gasteiger partial charge on any atom is -0.459 e. The molecule has 1 saturated carbocycles. The number of cyclic esters (lactones) is 1. The van der Waals surface area contributed by atoms with Gasteiger partial charge in [-0.15, -0.1) is 0 Å². The number of hydrogen-bond donors (Lipinski definition) is 8. The van der Waals surface area contributed by atoms with E-state index in [1.165, 1.54) is 42.1 Å². The summed E-state index contributed by atoms with van der Waals surface area (Å²) in [5.41, 5.74) is 34.2. The molecule has 3 saturated heterocycles. The summed E-state index contributed by atoms with van der Waals surface area (Å²) in [6, 6.07) is 9.80. The van der Waals surface area contributed by atoms with Gasteiger partial charge in [-0.2, -0.15) is 15.1 Å². The van der Waals surface area contributed by atoms with Gasteiger partial charge in [0.2, 0.25) is 23.6 Å². The molecule has 16 atom stereocenters. The second-order valence-electron chi connectivity index (χ2n) is 37.3. The third kappa shape index (κ3) is 27.2. The van der Waals surface area contributed by atoms with Crippen molar-refractivity contribution in [2.75, 3.05) is 154 Å². The number of nitrogens with one attached hydrogen (secondary N) is 1. The number of aromatic nitrogens is 9. The number of allylic oxidation sites excluding steroid dienone is 5. The number of esters is 1. The highest BCUT2D eigenvalue weighted by Gasteiger charge is 2.54. The van der Waals surface area contributed by atoms with Crippen molar-refractivity contribution in [3.8, 4) is 11.3 Å². The second kappa shape index (κ2) is 49.6. The van der Waals surface area contributed by atoms with Gasteiger partial charge in [-0.25, -0.2) is 39.2 Å². The van der Waals surface area contributed by atoms with E-state index in [9.17, 15) is 48.9 Å². The van der Waals surface area contributed by atoms with Gasteiger partial charge in [-0.1, -0.05) is 82.4 Å². The second-order valence-corrected chi connectivity index (χ2v) is 37.3. The number of methoxy groups -OCH3 is 3. The van der Waals surface area contributed by atoms with Gasteiger partial charge in [0.15, 0.2) is 17.0 Å². The number of ether oxygens (including phenoxy) is 10. The first-order chi connectivity index (χ1) is 66.9. The molecule has 2 aromatic carbocycles. The van der Waals surface area contributed by atoms with Crippen molar-refractivity contribution in [1.82, 2.24) is 64.7 Å². The van der Waals surface area contributed by atoms with Crippen LogP contribution in [0.3, 0.4) is 0 Å². The van der Waals surface area contributed by atoms with E-state index in [4.69, 9.17) is 79.8 Å². The number of carbonyl (C=O) groups excluding carboxylic acids is 7. The molecule has 0 spiro atoms. The van der Waals surface area contributed by atoms with Gasteiger partial charge in [0.1, 0.15) is 65.2 Å². The van der Waals surface area contributed by atoms with Crippen LogP contribution in [0.4, 0.5) is 34.3 Å². The van der Waals surface area contributed by atoms with Gasteiger partial charge in [-0.3, -0.25) is 24.0 Å². The van der Waals surface area contributed by atoms with E-state index < -0.39 is 114 Å². The van der Waals surface area contributed by atoms with E-state index in [0.717, 1.165) is 22.3 Å². The summed E-state index contributed by atoms with van der Waals surface area (Å²) in [6.45, 7) is 17.2. The fourth-order valence-corrected chi connectivity index (χ4v) is 19.1. The lowest BCUT2D eigenvalue weighted by Gasteiger charge is -2.43. The summed E-state index contributed by atoms with van der Waals surface area (Å²) >= 11 is 0. The van der Waals surface area contributed by atoms with Crippen LogP contribution in [-0.2, 0) is 97.4 Å². The van der Waals surface area contributed by atoms with Gasteiger partial charge >= 0.3 is 12.1 Å². The third-order valence-corrected chi connectivity index (χ3v) is 27.4. The SMILES string of the molecule is CO[C@H]1C[C@@H]2CC[C@@H](C)[C@@](O)(O2)C(=O)C(=O)N2CCCC[C@H]2C(=O)O[C@H]([C@H](N)C[C@@H]2CC[C@@H](OC(=O)NCc3cnc(N4CCN(c5ncc(C(=O)N(C)CCOCCOCCOCCOCCC(=O)N6CCc7cc(Cn8nc(-c9ccc%10oc(N)nc%10c9)c9c(N)ncnc98)ccc7C6)c(N)n5)CC4)nc3)[C@H](OC)C2)C[C@@H](OC)[C@H](C)/C=C(\C)[C@@H](O)[C@@H](O)C(=O)[C@H](C)C[C@H](C)/C=C/C=CC=C1C. The Morgan fingerprint density at radius 3 is 2.12 bits per heavy atom. The average molecular weight is 1930 g/mol. The maximum Gasteiger partial charge on any atom is 0.407 e. The molecule has 40 nitrogen and oxygen atoms in total. The Bertz CT molecular complexity index is 5480. The zero-order valence-corrected chi connectivity index (χ0v) is 81.3. The molecule has 754 valence electrons. The van der Waals surface area contributed by atoms with Crippen molar-refractivity contribution in [2.24, 2.45) is 35.3 Å². The maximum atomic E-state index is 14.9. The fourth-order valence-electron chi connectivity index (χ4n) is 19.1. The lowest BCUT2D eigenvalue weighted by molar-refractivity contribution is -0.265. The number of rotatable bonds is 30. The van der Waals surface area contributed by atoms with Gasteiger partial charge in [0, 0.05) is 154 Å². The molecule has 12 N–H and O–H groups in total. The lowest BCUT2D eigenvalue weighted by Crippen LogP contribution is -2.61. The van der Waals surface area contributed by atoms with Crippen molar-refractivity contribution in [2.45, 2.75) is 218 Å². The van der Waals surface area contributed by atoms with Crippen LogP contribution in [0.25, 0.3) is 33.4 Å². The fraction of sp³-hybridized carbons (Fsp3) is 0.586. The molecule has 4 amide bonds. The summed E-state index contributed by atoms with van der Waals surface area (Å²) < 4.78 is 66.8. The number of hydrogen-bond acceptors (Lipinski definition) is 35. The number of ketones is 2. The number of nitrogen functional groups attached to an aromatic ring is 3. The van der Waals surface area contributed by atoms with Crippen LogP contribution in [0.1, 0.15) is 158 Å². The number of anilines is 5. The summed E-state index contributed by atoms with van der Waals surface area (Å²) in [5, 5.41) is 43.4. The monoisotopic (exact) mass is 1930 g/mol. The van der Waals surface area contributed by atoms with E-state index >= 15 is 0 Å². The molecule has 0 radical (unpaired) electrons. The predicted octanol–water partition coefficient (Wildman–Crippen LogP) is 7.36. The van der Waals surface area contributed by atoms with Crippen LogP contribution in [0.2, 0.25) is 0 Å². The lowest BCUT2D eigenvalue weighted by atomic mass is 9.80. The Labute approximate surface area is 809 Å². The molecule has 13 rings (SSSR count). The zero-order chi connectivity index (χ0) is 99.1. The first-order valence-electron chi connectivity index (χ1n) is 48.2. The first-order valence-corrected chi connectivity index (χ1v) is 48.2. The Hall–Kier alpha value is -11.4. The smallest absolute Gasteiger partial charge is 0.407 e. The van der Waals surface area contributed by atoms with Crippen molar-refractivity contribution >= 4 is 93.0 Å². The number of oxazole rings is 1. The average Bonchev–Trinajstić information content (AvgIpc) is 1.72. The number of nitrogens with zero attached hydrogens (tertiary/aromatic N) is 14. The normalized spacial score (nSPS) is 26.2. The molecule has 5 aromatic heterocycles. The van der Waals surface area contributed by atoms with E-state index in [1.54, 1.807) is 59.5 Å². The minimum atomic E-state index is -2.50. The first kappa shape index (κ1) is 105. The molecule has 1 aliphatic carbocycles. The Morgan fingerprint density at radius 1 is 0.691 bits per heavy atom. The van der Waals surface area contributed by atoms with Crippen molar-refractivity contribution in [3.05, 3.63) is 137 Å². The zero-order valence-electron chi connectivity index (χ0n) is 81.3. The Kier molecular flexibility index (Phi) is 37.5. The summed E-state index contributed by atoms with van der Waals surface area (Å²) in [6.07, 6.45) is 14.5. The number of aliphatic hydroxyl groups is 3. The number of fused-ring (bicyclic) bond motifs is 6. The van der Waals surface area contributed by atoms with E-state index in [1.807, 2.05) is 88.7 Å². The molecule has 10 heterocycles. The van der Waals surface area contributed by atoms with Crippen LogP contribution in [0.15, 0.2) is 113 Å². The highest BCUT2D eigenvalue weighted by molar-refractivity contribution is 6.39. The Balaban J connectivity index is 0.502. The molecular weight excluding hydrogens is 1790 g/mol. The Morgan fingerprint density at radius 2 is 1.40 bits per heavy atom. The van der Waals surface area contributed by atoms with Gasteiger partial charge in [0.25, 0.3) is 23.6 Å². The molecule has 4 fully saturated rings. The van der Waals surface area contributed by atoms with Crippen molar-refractivity contribution in [1.29, 1.82) is 0 Å². The van der Waals surface area contributed by atoms with Gasteiger partial charge in [-0.05, 0) is 142 Å². The van der Waals surface area contributed by atoms with Crippen LogP contribution in [-0.4, -0.2) is 310 Å². The summed E-state index contributed by atoms with van der Waals surface area (Å²) in [4.78, 5) is 138. The number of benzene rings is 2. The van der Waals surface area contributed by atoms with E-state index in [0.29, 0.717) is 206 Å². The van der Waals surface area contributed by atoms with Gasteiger partial charge < -0.3 is 120 Å². The number of amides is 4. The summed E-state index contributed by atoms with van der Waals surface area (Å²) in [5.74, 6) is -7.24. The standard InChI is InChI=1S/C99H137N19O21/c1-59-16-12-11-13-17-60(2)78(129-8)50-71-24-19-64(6)99(128,139-71)88(123)93(125)117-29-15-14-18-75(117)94(126)136-80(51-79(130-9)61(3)45-63(5)86(121)87(122)85(120)62(4)44-59)73(100)47-65-21-25-77(81(48-65)131-10)138-98(127)107-54-67-52-104-96(105-53-67)114-31-33-115(34-32-114)97-106-55-72(89(101)111-97)92(124)113(7)35-37-133-39-41-135-43-42-134-40-38-132-36-28-82(119)116-30-27-68-46-66(20-22-70(68)57-116)56-118-91-83(90(102)108-58-109-91)84(112-118)69-23-26-76-74(49-69)110-95(103)137-76/h11-13,16-17,20,22-23,26,45-46,49,52-53,55,58-59,61-62,64-65,71,73,75,77-81,86-87,121-122,128H,14-15,18-19,21,24-25,27-44,47-48,50-51,54,56-57,100H2,1-10H3,(H2,103,110)(H,107,127)(H2,101,106,111)(H2,102,108,109)/b13-11?,16-12+,60-17?,63-45+/t59-,61-,62-,64-,65+,71+,73-,75+,77-,78+,79-,80+,81-,86-,87+,99-/m1/s1. The predicted molar refractivity (Wildman–Crippen MR) is 516 cm³/mol. The van der Waals surface area contributed by atoms with Gasteiger partial charge in [0.05, 0.1) is 95.6 Å². The highest BCUT2D eigenvalue weighted by atomic mass is 16.6.